The summed E-state index contributed by atoms with van der Waals surface area (Å²) in [4.78, 5) is 12.2. The molecule has 0 N–H and O–H groups in total. The minimum atomic E-state index is -0.810. The lowest BCUT2D eigenvalue weighted by molar-refractivity contribution is 0.0987. The number of halogens is 3. The SMILES string of the molecule is Cc1ccc(C(=O)C(Cl)c2ccc(F)cc2)cc1Br. The quantitative estimate of drug-likeness (QED) is 0.563. The van der Waals surface area contributed by atoms with E-state index in [1.54, 1.807) is 12.1 Å². The highest BCUT2D eigenvalue weighted by atomic mass is 79.9. The van der Waals surface area contributed by atoms with E-state index in [4.69, 9.17) is 11.6 Å². The van der Waals surface area contributed by atoms with Crippen LogP contribution in [0.3, 0.4) is 0 Å². The molecule has 0 fully saturated rings. The molecule has 0 aromatic heterocycles. The molecule has 0 amide bonds. The Labute approximate surface area is 124 Å². The molecule has 0 aliphatic heterocycles. The first kappa shape index (κ1) is 14.2. The molecule has 0 heterocycles. The molecule has 98 valence electrons. The van der Waals surface area contributed by atoms with E-state index in [1.165, 1.54) is 24.3 Å². The number of aryl methyl sites for hydroxylation is 1. The maximum Gasteiger partial charge on any atom is 0.185 e. The number of benzene rings is 2. The molecule has 1 unspecified atom stereocenters. The van der Waals surface area contributed by atoms with E-state index in [0.29, 0.717) is 11.1 Å². The van der Waals surface area contributed by atoms with Gasteiger partial charge in [-0.2, -0.15) is 0 Å². The zero-order valence-electron chi connectivity index (χ0n) is 10.2. The summed E-state index contributed by atoms with van der Waals surface area (Å²) in [5.74, 6) is -0.549. The van der Waals surface area contributed by atoms with Crippen molar-refractivity contribution in [2.24, 2.45) is 0 Å². The fourth-order valence-corrected chi connectivity index (χ4v) is 2.33. The molecular formula is C15H11BrClFO. The smallest absolute Gasteiger partial charge is 0.185 e. The number of Topliss-reactive ketones (excluding diaryl/α,β-unsaturated/α-hetero) is 1. The first-order valence-corrected chi connectivity index (χ1v) is 6.92. The van der Waals surface area contributed by atoms with Crippen LogP contribution in [0.5, 0.6) is 0 Å². The highest BCUT2D eigenvalue weighted by molar-refractivity contribution is 9.10. The molecule has 4 heteroatoms. The van der Waals surface area contributed by atoms with Crippen LogP contribution in [0.1, 0.15) is 26.9 Å². The van der Waals surface area contributed by atoms with Gasteiger partial charge in [0, 0.05) is 10.0 Å². The van der Waals surface area contributed by atoms with Gasteiger partial charge in [-0.1, -0.05) is 40.2 Å². The maximum absolute atomic E-state index is 12.8. The molecule has 1 atom stereocenters. The second-order valence-corrected chi connectivity index (χ2v) is 5.53. The number of carbonyl (C=O) groups excluding carboxylic acids is 1. The van der Waals surface area contributed by atoms with Gasteiger partial charge in [-0.15, -0.1) is 11.6 Å². The highest BCUT2D eigenvalue weighted by Gasteiger charge is 2.19. The summed E-state index contributed by atoms with van der Waals surface area (Å²) in [6.07, 6.45) is 0. The summed E-state index contributed by atoms with van der Waals surface area (Å²) in [6, 6.07) is 11.0. The van der Waals surface area contributed by atoms with Crippen molar-refractivity contribution in [3.05, 3.63) is 69.4 Å². The first-order valence-electron chi connectivity index (χ1n) is 5.69. The Morgan fingerprint density at radius 3 is 2.42 bits per heavy atom. The van der Waals surface area contributed by atoms with Gasteiger partial charge in [0.2, 0.25) is 0 Å². The van der Waals surface area contributed by atoms with Gasteiger partial charge in [0.25, 0.3) is 0 Å². The lowest BCUT2D eigenvalue weighted by atomic mass is 10.0. The third kappa shape index (κ3) is 3.23. The predicted molar refractivity (Wildman–Crippen MR) is 78.2 cm³/mol. The van der Waals surface area contributed by atoms with Crippen molar-refractivity contribution < 1.29 is 9.18 Å². The van der Waals surface area contributed by atoms with E-state index in [1.807, 2.05) is 13.0 Å². The monoisotopic (exact) mass is 340 g/mol. The molecule has 0 saturated carbocycles. The molecule has 2 rings (SSSR count). The third-order valence-electron chi connectivity index (χ3n) is 2.85. The highest BCUT2D eigenvalue weighted by Crippen LogP contribution is 2.27. The van der Waals surface area contributed by atoms with Crippen LogP contribution in [0, 0.1) is 12.7 Å². The molecule has 1 nitrogen and oxygen atoms in total. The molecular weight excluding hydrogens is 331 g/mol. The minimum Gasteiger partial charge on any atom is -0.292 e. The van der Waals surface area contributed by atoms with E-state index in [-0.39, 0.29) is 11.6 Å². The van der Waals surface area contributed by atoms with Crippen LogP contribution in [-0.2, 0) is 0 Å². The summed E-state index contributed by atoms with van der Waals surface area (Å²) in [6.45, 7) is 1.94. The topological polar surface area (TPSA) is 17.1 Å². The van der Waals surface area contributed by atoms with Gasteiger partial charge < -0.3 is 0 Å². The van der Waals surface area contributed by atoms with Crippen molar-refractivity contribution >= 4 is 33.3 Å². The predicted octanol–water partition coefficient (Wildman–Crippen LogP) is 5.06. The molecule has 0 saturated heterocycles. The Morgan fingerprint density at radius 1 is 1.21 bits per heavy atom. The van der Waals surface area contributed by atoms with Crippen molar-refractivity contribution in [2.45, 2.75) is 12.3 Å². The molecule has 0 spiro atoms. The van der Waals surface area contributed by atoms with Crippen LogP contribution in [-0.4, -0.2) is 5.78 Å². The van der Waals surface area contributed by atoms with Gasteiger partial charge in [0.05, 0.1) is 0 Å². The Kier molecular flexibility index (Phi) is 4.38. The van der Waals surface area contributed by atoms with Crippen molar-refractivity contribution in [1.82, 2.24) is 0 Å². The number of hydrogen-bond acceptors (Lipinski definition) is 1. The fraction of sp³-hybridized carbons (Fsp3) is 0.133. The summed E-state index contributed by atoms with van der Waals surface area (Å²) >= 11 is 9.53. The zero-order valence-corrected chi connectivity index (χ0v) is 12.5. The Bertz CT molecular complexity index is 610. The Morgan fingerprint density at radius 2 is 1.84 bits per heavy atom. The number of alkyl halides is 1. The molecule has 0 aliphatic rings. The van der Waals surface area contributed by atoms with E-state index >= 15 is 0 Å². The van der Waals surface area contributed by atoms with Crippen LogP contribution in [0.15, 0.2) is 46.9 Å². The van der Waals surface area contributed by atoms with E-state index < -0.39 is 5.38 Å². The lowest BCUT2D eigenvalue weighted by Gasteiger charge is -2.10. The van der Waals surface area contributed by atoms with E-state index in [2.05, 4.69) is 15.9 Å². The minimum absolute atomic E-state index is 0.200. The Hall–Kier alpha value is -1.19. The molecule has 2 aromatic rings. The van der Waals surface area contributed by atoms with Crippen LogP contribution >= 0.6 is 27.5 Å². The van der Waals surface area contributed by atoms with Gasteiger partial charge >= 0.3 is 0 Å². The number of carbonyl (C=O) groups is 1. The van der Waals surface area contributed by atoms with Crippen molar-refractivity contribution in [3.8, 4) is 0 Å². The summed E-state index contributed by atoms with van der Waals surface area (Å²) in [7, 11) is 0. The summed E-state index contributed by atoms with van der Waals surface area (Å²) < 4.78 is 13.7. The Balaban J connectivity index is 2.28. The average Bonchev–Trinajstić information content (AvgIpc) is 2.41. The number of rotatable bonds is 3. The molecule has 0 radical (unpaired) electrons. The van der Waals surface area contributed by atoms with Gasteiger partial charge in [-0.3, -0.25) is 4.79 Å². The second kappa shape index (κ2) is 5.85. The number of ketones is 1. The first-order chi connectivity index (χ1) is 8.99. The van der Waals surface area contributed by atoms with Gasteiger partial charge in [0.1, 0.15) is 11.2 Å². The van der Waals surface area contributed by atoms with Gasteiger partial charge in [-0.05, 0) is 36.2 Å². The molecule has 0 aliphatic carbocycles. The number of hydrogen-bond donors (Lipinski definition) is 0. The van der Waals surface area contributed by atoms with E-state index in [9.17, 15) is 9.18 Å². The van der Waals surface area contributed by atoms with E-state index in [0.717, 1.165) is 10.0 Å². The van der Waals surface area contributed by atoms with Gasteiger partial charge in [-0.25, -0.2) is 4.39 Å². The maximum atomic E-state index is 12.8. The lowest BCUT2D eigenvalue weighted by Crippen LogP contribution is -2.07. The standard InChI is InChI=1S/C15H11BrClFO/c1-9-2-3-11(8-13(9)16)15(19)14(17)10-4-6-12(18)7-5-10/h2-8,14H,1H3. The van der Waals surface area contributed by atoms with Crippen LogP contribution in [0.25, 0.3) is 0 Å². The average molecular weight is 342 g/mol. The second-order valence-electron chi connectivity index (χ2n) is 4.24. The van der Waals surface area contributed by atoms with Crippen molar-refractivity contribution in [3.63, 3.8) is 0 Å². The third-order valence-corrected chi connectivity index (χ3v) is 4.15. The van der Waals surface area contributed by atoms with Crippen LogP contribution < -0.4 is 0 Å². The van der Waals surface area contributed by atoms with Gasteiger partial charge in [0.15, 0.2) is 5.78 Å². The zero-order chi connectivity index (χ0) is 14.0. The summed E-state index contributed by atoms with van der Waals surface area (Å²) in [5, 5.41) is -0.810. The molecule has 19 heavy (non-hydrogen) atoms. The van der Waals surface area contributed by atoms with Crippen LogP contribution in [0.2, 0.25) is 0 Å². The van der Waals surface area contributed by atoms with Crippen molar-refractivity contribution in [2.75, 3.05) is 0 Å². The normalized spacial score (nSPS) is 12.2. The largest absolute Gasteiger partial charge is 0.292 e. The fourth-order valence-electron chi connectivity index (χ4n) is 1.68. The molecule has 0 bridgehead atoms. The molecule has 2 aromatic carbocycles. The van der Waals surface area contributed by atoms with Crippen molar-refractivity contribution in [1.29, 1.82) is 0 Å². The summed E-state index contributed by atoms with van der Waals surface area (Å²) in [5.41, 5.74) is 2.16. The van der Waals surface area contributed by atoms with Crippen LogP contribution in [0.4, 0.5) is 4.39 Å².